The molecule has 0 radical (unpaired) electrons. The SMILES string of the molecule is COc1cc(-c2c(C(=O)c3ccccc3O)oc3c2c(=O)oc2ccccc23)cc(Br)c1OC. The molecule has 8 heteroatoms. The van der Waals surface area contributed by atoms with Gasteiger partial charge in [0.1, 0.15) is 16.7 Å². The highest BCUT2D eigenvalue weighted by molar-refractivity contribution is 9.10. The van der Waals surface area contributed by atoms with Crippen molar-refractivity contribution < 1.29 is 28.2 Å². The summed E-state index contributed by atoms with van der Waals surface area (Å²) in [5, 5.41) is 11.0. The summed E-state index contributed by atoms with van der Waals surface area (Å²) in [6, 6.07) is 16.4. The van der Waals surface area contributed by atoms with Crippen LogP contribution in [0.15, 0.2) is 78.8 Å². The summed E-state index contributed by atoms with van der Waals surface area (Å²) < 4.78 is 23.0. The van der Waals surface area contributed by atoms with Crippen molar-refractivity contribution in [2.45, 2.75) is 0 Å². The van der Waals surface area contributed by atoms with Gasteiger partial charge in [0, 0.05) is 5.56 Å². The second-order valence-corrected chi connectivity index (χ2v) is 8.29. The van der Waals surface area contributed by atoms with Crippen molar-refractivity contribution >= 4 is 43.7 Å². The Morgan fingerprint density at radius 3 is 2.44 bits per heavy atom. The number of benzene rings is 3. The molecule has 0 aliphatic rings. The predicted molar refractivity (Wildman–Crippen MR) is 130 cm³/mol. The van der Waals surface area contributed by atoms with Crippen LogP contribution >= 0.6 is 15.9 Å². The number of ether oxygens (including phenoxy) is 2. The average Bonchev–Trinajstić information content (AvgIpc) is 3.25. The monoisotopic (exact) mass is 520 g/mol. The van der Waals surface area contributed by atoms with Crippen LogP contribution in [0.4, 0.5) is 0 Å². The van der Waals surface area contributed by atoms with Gasteiger partial charge < -0.3 is 23.4 Å². The number of carbonyl (C=O) groups excluding carboxylic acids is 1. The Morgan fingerprint density at radius 2 is 1.71 bits per heavy atom. The molecule has 5 aromatic rings. The Kier molecular flexibility index (Phi) is 5.37. The molecule has 5 rings (SSSR count). The maximum Gasteiger partial charge on any atom is 0.348 e. The van der Waals surface area contributed by atoms with Gasteiger partial charge >= 0.3 is 5.63 Å². The first kappa shape index (κ1) is 21.8. The van der Waals surface area contributed by atoms with Gasteiger partial charge in [-0.2, -0.15) is 0 Å². The second-order valence-electron chi connectivity index (χ2n) is 7.44. The molecule has 3 aromatic carbocycles. The highest BCUT2D eigenvalue weighted by Crippen LogP contribution is 2.44. The minimum absolute atomic E-state index is 0.0380. The normalized spacial score (nSPS) is 11.1. The van der Waals surface area contributed by atoms with Gasteiger partial charge in [0.2, 0.25) is 5.78 Å². The topological polar surface area (TPSA) is 99.1 Å². The molecule has 0 aliphatic carbocycles. The van der Waals surface area contributed by atoms with Crippen molar-refractivity contribution in [2.24, 2.45) is 0 Å². The molecule has 0 saturated carbocycles. The van der Waals surface area contributed by atoms with E-state index in [-0.39, 0.29) is 33.6 Å². The molecule has 0 amide bonds. The van der Waals surface area contributed by atoms with E-state index in [4.69, 9.17) is 18.3 Å². The molecule has 170 valence electrons. The fraction of sp³-hybridized carbons (Fsp3) is 0.0769. The highest BCUT2D eigenvalue weighted by Gasteiger charge is 2.29. The number of para-hydroxylation sites is 2. The first-order valence-corrected chi connectivity index (χ1v) is 11.0. The fourth-order valence-corrected chi connectivity index (χ4v) is 4.60. The van der Waals surface area contributed by atoms with Crippen LogP contribution in [0.3, 0.4) is 0 Å². The van der Waals surface area contributed by atoms with Crippen LogP contribution in [-0.4, -0.2) is 25.1 Å². The Bertz CT molecular complexity index is 1650. The van der Waals surface area contributed by atoms with Crippen LogP contribution in [-0.2, 0) is 0 Å². The zero-order valence-electron chi connectivity index (χ0n) is 18.0. The lowest BCUT2D eigenvalue weighted by atomic mass is 9.97. The van der Waals surface area contributed by atoms with Crippen molar-refractivity contribution in [3.05, 3.63) is 86.9 Å². The van der Waals surface area contributed by atoms with E-state index in [0.717, 1.165) is 0 Å². The fourth-order valence-electron chi connectivity index (χ4n) is 4.00. The van der Waals surface area contributed by atoms with E-state index >= 15 is 0 Å². The standard InChI is InChI=1S/C26H17BrO7/c1-31-19-12-13(11-16(27)24(19)32-2)20-21-23(15-8-4-6-10-18(15)33-26(21)30)34-25(20)22(29)14-7-3-5-9-17(14)28/h3-12,28H,1-2H3. The molecule has 1 N–H and O–H groups in total. The van der Waals surface area contributed by atoms with Crippen molar-refractivity contribution in [2.75, 3.05) is 14.2 Å². The molecular formula is C26H17BrO7. The van der Waals surface area contributed by atoms with Crippen LogP contribution in [0.2, 0.25) is 0 Å². The Morgan fingerprint density at radius 1 is 0.971 bits per heavy atom. The van der Waals surface area contributed by atoms with Gasteiger partial charge in [-0.05, 0) is 57.9 Å². The molecule has 2 aromatic heterocycles. The molecule has 0 atom stereocenters. The number of hydrogen-bond acceptors (Lipinski definition) is 7. The second kappa shape index (κ2) is 8.39. The van der Waals surface area contributed by atoms with E-state index in [2.05, 4.69) is 15.9 Å². The average molecular weight is 521 g/mol. The minimum Gasteiger partial charge on any atom is -0.507 e. The summed E-state index contributed by atoms with van der Waals surface area (Å²) >= 11 is 3.46. The minimum atomic E-state index is -0.658. The predicted octanol–water partition coefficient (Wildman–Crippen LogP) is 5.92. The van der Waals surface area contributed by atoms with Crippen LogP contribution in [0.1, 0.15) is 16.1 Å². The summed E-state index contributed by atoms with van der Waals surface area (Å²) in [6.45, 7) is 0. The summed E-state index contributed by atoms with van der Waals surface area (Å²) in [6.07, 6.45) is 0. The van der Waals surface area contributed by atoms with Gasteiger partial charge in [0.05, 0.1) is 29.6 Å². The number of ketones is 1. The van der Waals surface area contributed by atoms with E-state index in [0.29, 0.717) is 32.5 Å². The Balaban J connectivity index is 1.92. The molecule has 0 saturated heterocycles. The lowest BCUT2D eigenvalue weighted by Crippen LogP contribution is -2.04. The molecule has 0 aliphatic heterocycles. The maximum absolute atomic E-state index is 13.6. The maximum atomic E-state index is 13.6. The van der Waals surface area contributed by atoms with E-state index in [9.17, 15) is 14.7 Å². The first-order chi connectivity index (χ1) is 16.4. The van der Waals surface area contributed by atoms with E-state index in [1.165, 1.54) is 26.4 Å². The first-order valence-electron chi connectivity index (χ1n) is 10.2. The van der Waals surface area contributed by atoms with Crippen LogP contribution in [0.5, 0.6) is 17.2 Å². The van der Waals surface area contributed by atoms with Crippen molar-refractivity contribution in [1.82, 2.24) is 0 Å². The summed E-state index contributed by atoms with van der Waals surface area (Å²) in [5.74, 6) is -0.0697. The van der Waals surface area contributed by atoms with Crippen LogP contribution in [0.25, 0.3) is 33.1 Å². The van der Waals surface area contributed by atoms with Crippen LogP contribution in [0, 0.1) is 0 Å². The number of rotatable bonds is 5. The van der Waals surface area contributed by atoms with Gasteiger partial charge in [-0.1, -0.05) is 24.3 Å². The van der Waals surface area contributed by atoms with Crippen LogP contribution < -0.4 is 15.1 Å². The smallest absolute Gasteiger partial charge is 0.348 e. The molecule has 0 fully saturated rings. The number of furan rings is 1. The summed E-state index contributed by atoms with van der Waals surface area (Å²) in [7, 11) is 2.99. The third kappa shape index (κ3) is 3.34. The molecule has 0 unspecified atom stereocenters. The number of aromatic hydroxyl groups is 1. The molecule has 34 heavy (non-hydrogen) atoms. The highest BCUT2D eigenvalue weighted by atomic mass is 79.9. The van der Waals surface area contributed by atoms with E-state index in [1.807, 2.05) is 0 Å². The summed E-state index contributed by atoms with van der Waals surface area (Å²) in [5.41, 5.74) is 0.613. The quantitative estimate of drug-likeness (QED) is 0.226. The number of phenolic OH excluding ortho intramolecular Hbond substituents is 1. The van der Waals surface area contributed by atoms with Gasteiger partial charge in [-0.25, -0.2) is 4.79 Å². The number of methoxy groups -OCH3 is 2. The van der Waals surface area contributed by atoms with Crippen molar-refractivity contribution in [3.8, 4) is 28.4 Å². The van der Waals surface area contributed by atoms with Gasteiger partial charge in [0.25, 0.3) is 0 Å². The van der Waals surface area contributed by atoms with Gasteiger partial charge in [0.15, 0.2) is 22.8 Å². The molecule has 2 heterocycles. The molecule has 0 spiro atoms. The molecular weight excluding hydrogens is 504 g/mol. The van der Waals surface area contributed by atoms with Crippen molar-refractivity contribution in [1.29, 1.82) is 0 Å². The zero-order valence-corrected chi connectivity index (χ0v) is 19.6. The number of phenols is 1. The van der Waals surface area contributed by atoms with Gasteiger partial charge in [-0.3, -0.25) is 4.79 Å². The third-order valence-corrected chi connectivity index (χ3v) is 6.11. The molecule has 0 bridgehead atoms. The van der Waals surface area contributed by atoms with E-state index in [1.54, 1.807) is 48.5 Å². The number of hydrogen-bond donors (Lipinski definition) is 1. The number of halogens is 1. The number of carbonyl (C=O) groups is 1. The largest absolute Gasteiger partial charge is 0.507 e. The molecule has 7 nitrogen and oxygen atoms in total. The van der Waals surface area contributed by atoms with Crippen molar-refractivity contribution in [3.63, 3.8) is 0 Å². The zero-order chi connectivity index (χ0) is 24.0. The number of fused-ring (bicyclic) bond motifs is 3. The lowest BCUT2D eigenvalue weighted by Gasteiger charge is -2.12. The van der Waals surface area contributed by atoms with Gasteiger partial charge in [-0.15, -0.1) is 0 Å². The summed E-state index contributed by atoms with van der Waals surface area (Å²) in [4.78, 5) is 26.7. The van der Waals surface area contributed by atoms with E-state index < -0.39 is 11.4 Å². The lowest BCUT2D eigenvalue weighted by molar-refractivity contribution is 0.101. The third-order valence-electron chi connectivity index (χ3n) is 5.52. The Labute approximate surface area is 201 Å². The Hall–Kier alpha value is -4.04.